The normalized spacial score (nSPS) is 9.74. The summed E-state index contributed by atoms with van der Waals surface area (Å²) in [6.07, 6.45) is 2.27. The largest absolute Gasteiger partial charge is 0.478 e. The van der Waals surface area contributed by atoms with Crippen LogP contribution in [0.2, 0.25) is 0 Å². The van der Waals surface area contributed by atoms with Gasteiger partial charge < -0.3 is 9.84 Å². The van der Waals surface area contributed by atoms with Gasteiger partial charge in [-0.2, -0.15) is 0 Å². The zero-order chi connectivity index (χ0) is 14.3. The number of carbonyl (C=O) groups is 1. The highest BCUT2D eigenvalue weighted by molar-refractivity contribution is 5.85. The van der Waals surface area contributed by atoms with E-state index in [9.17, 15) is 14.9 Å². The van der Waals surface area contributed by atoms with Crippen molar-refractivity contribution < 1.29 is 19.6 Å². The Kier molecular flexibility index (Phi) is 5.11. The Morgan fingerprint density at radius 1 is 1.58 bits per heavy atom. The predicted molar refractivity (Wildman–Crippen MR) is 68.7 cm³/mol. The molecule has 1 rings (SSSR count). The number of aliphatic carboxylic acids is 1. The van der Waals surface area contributed by atoms with Gasteiger partial charge in [-0.1, -0.05) is 5.92 Å². The van der Waals surface area contributed by atoms with E-state index < -0.39 is 10.9 Å². The highest BCUT2D eigenvalue weighted by Crippen LogP contribution is 2.28. The summed E-state index contributed by atoms with van der Waals surface area (Å²) in [5.41, 5.74) is 0.304. The molecule has 1 aromatic carbocycles. The van der Waals surface area contributed by atoms with Crippen LogP contribution in [0.4, 0.5) is 5.69 Å². The number of ether oxygens (including phenoxy) is 1. The lowest BCUT2D eigenvalue weighted by Crippen LogP contribution is -1.99. The fraction of sp³-hybridized carbons (Fsp3) is 0.154. The first-order valence-corrected chi connectivity index (χ1v) is 5.26. The van der Waals surface area contributed by atoms with Gasteiger partial charge in [0.05, 0.1) is 4.92 Å². The van der Waals surface area contributed by atoms with Crippen LogP contribution < -0.4 is 4.74 Å². The third-order valence-corrected chi connectivity index (χ3v) is 2.08. The minimum atomic E-state index is -1.10. The standard InChI is InChI=1S/C13H11NO5/c1-2-3-8-19-12-9-10(5-7-13(15)16)4-6-11(12)14(17)18/h4-7,9H,8H2,1H3,(H,15,16)/b7-5+. The number of carboxylic acid groups (broad SMARTS) is 1. The number of nitrogens with zero attached hydrogens (tertiary/aromatic N) is 1. The smallest absolute Gasteiger partial charge is 0.328 e. The van der Waals surface area contributed by atoms with Crippen molar-refractivity contribution in [2.24, 2.45) is 0 Å². The van der Waals surface area contributed by atoms with Crippen molar-refractivity contribution in [3.8, 4) is 17.6 Å². The third-order valence-electron chi connectivity index (χ3n) is 2.08. The summed E-state index contributed by atoms with van der Waals surface area (Å²) in [7, 11) is 0. The van der Waals surface area contributed by atoms with Crippen LogP contribution in [0, 0.1) is 22.0 Å². The summed E-state index contributed by atoms with van der Waals surface area (Å²) >= 11 is 0. The Bertz CT molecular complexity index is 580. The van der Waals surface area contributed by atoms with Crippen LogP contribution in [0.15, 0.2) is 24.3 Å². The van der Waals surface area contributed by atoms with Gasteiger partial charge in [0.15, 0.2) is 5.75 Å². The second-order valence-electron chi connectivity index (χ2n) is 3.37. The van der Waals surface area contributed by atoms with Crippen LogP contribution in [0.5, 0.6) is 5.75 Å². The fourth-order valence-corrected chi connectivity index (χ4v) is 1.25. The lowest BCUT2D eigenvalue weighted by Gasteiger charge is -2.04. The molecule has 0 heterocycles. The molecule has 19 heavy (non-hydrogen) atoms. The van der Waals surface area contributed by atoms with Crippen molar-refractivity contribution in [2.75, 3.05) is 6.61 Å². The third kappa shape index (κ3) is 4.52. The Hall–Kier alpha value is -2.81. The summed E-state index contributed by atoms with van der Waals surface area (Å²) in [6.45, 7) is 1.66. The highest BCUT2D eigenvalue weighted by Gasteiger charge is 2.14. The number of rotatable bonds is 5. The minimum Gasteiger partial charge on any atom is -0.478 e. The molecule has 0 aliphatic heterocycles. The molecule has 0 spiro atoms. The van der Waals surface area contributed by atoms with E-state index in [2.05, 4.69) is 11.8 Å². The van der Waals surface area contributed by atoms with E-state index in [1.54, 1.807) is 6.92 Å². The van der Waals surface area contributed by atoms with Crippen molar-refractivity contribution in [3.63, 3.8) is 0 Å². The summed E-state index contributed by atoms with van der Waals surface area (Å²) in [4.78, 5) is 20.6. The van der Waals surface area contributed by atoms with Crippen LogP contribution in [0.3, 0.4) is 0 Å². The van der Waals surface area contributed by atoms with Gasteiger partial charge in [-0.15, -0.1) is 5.92 Å². The van der Waals surface area contributed by atoms with E-state index in [1.165, 1.54) is 24.3 Å². The van der Waals surface area contributed by atoms with Gasteiger partial charge in [-0.25, -0.2) is 4.79 Å². The second kappa shape index (κ2) is 6.81. The molecule has 0 radical (unpaired) electrons. The Balaban J connectivity index is 3.05. The van der Waals surface area contributed by atoms with Gasteiger partial charge in [-0.05, 0) is 30.7 Å². The van der Waals surface area contributed by atoms with Gasteiger partial charge in [0.25, 0.3) is 0 Å². The average molecular weight is 261 g/mol. The van der Waals surface area contributed by atoms with E-state index in [1.807, 2.05) is 0 Å². The number of hydrogen-bond donors (Lipinski definition) is 1. The van der Waals surface area contributed by atoms with Crippen LogP contribution in [-0.4, -0.2) is 22.6 Å². The SMILES string of the molecule is CC#CCOc1cc(/C=C/C(=O)O)ccc1[N+](=O)[O-]. The molecule has 98 valence electrons. The maximum Gasteiger partial charge on any atom is 0.328 e. The van der Waals surface area contributed by atoms with Crippen LogP contribution in [0.1, 0.15) is 12.5 Å². The summed E-state index contributed by atoms with van der Waals surface area (Å²) in [5, 5.41) is 19.3. The Morgan fingerprint density at radius 3 is 2.89 bits per heavy atom. The molecule has 0 atom stereocenters. The molecule has 0 aliphatic carbocycles. The van der Waals surface area contributed by atoms with E-state index >= 15 is 0 Å². The topological polar surface area (TPSA) is 89.7 Å². The van der Waals surface area contributed by atoms with Gasteiger partial charge in [0, 0.05) is 12.1 Å². The first kappa shape index (κ1) is 14.3. The van der Waals surface area contributed by atoms with E-state index in [0.717, 1.165) is 6.08 Å². The number of carboxylic acids is 1. The van der Waals surface area contributed by atoms with E-state index in [4.69, 9.17) is 9.84 Å². The molecular weight excluding hydrogens is 250 g/mol. The number of nitro groups is 1. The maximum absolute atomic E-state index is 10.8. The molecule has 0 amide bonds. The Labute approximate surface area is 109 Å². The highest BCUT2D eigenvalue weighted by atomic mass is 16.6. The molecule has 1 aromatic rings. The van der Waals surface area contributed by atoms with Crippen molar-refractivity contribution in [2.45, 2.75) is 6.92 Å². The minimum absolute atomic E-state index is 0.0312. The molecule has 1 N–H and O–H groups in total. The lowest BCUT2D eigenvalue weighted by atomic mass is 10.2. The van der Waals surface area contributed by atoms with Gasteiger partial charge >= 0.3 is 11.7 Å². The van der Waals surface area contributed by atoms with Gasteiger partial charge in [0.1, 0.15) is 6.61 Å². The van der Waals surface area contributed by atoms with Crippen LogP contribution in [0.25, 0.3) is 6.08 Å². The zero-order valence-corrected chi connectivity index (χ0v) is 10.1. The van der Waals surface area contributed by atoms with Crippen LogP contribution >= 0.6 is 0 Å². The number of hydrogen-bond acceptors (Lipinski definition) is 4. The molecule has 0 unspecified atom stereocenters. The molecule has 0 bridgehead atoms. The predicted octanol–water partition coefficient (Wildman–Crippen LogP) is 2.09. The molecule has 6 nitrogen and oxygen atoms in total. The lowest BCUT2D eigenvalue weighted by molar-refractivity contribution is -0.385. The second-order valence-corrected chi connectivity index (χ2v) is 3.37. The van der Waals surface area contributed by atoms with E-state index in [-0.39, 0.29) is 18.0 Å². The molecule has 0 saturated carbocycles. The van der Waals surface area contributed by atoms with Crippen molar-refractivity contribution in [1.82, 2.24) is 0 Å². The number of benzene rings is 1. The van der Waals surface area contributed by atoms with Gasteiger partial charge in [-0.3, -0.25) is 10.1 Å². The van der Waals surface area contributed by atoms with Gasteiger partial charge in [0.2, 0.25) is 0 Å². The summed E-state index contributed by atoms with van der Waals surface area (Å²) in [6, 6.07) is 4.10. The summed E-state index contributed by atoms with van der Waals surface area (Å²) < 4.78 is 5.19. The van der Waals surface area contributed by atoms with Crippen molar-refractivity contribution in [3.05, 3.63) is 40.0 Å². The molecule has 6 heteroatoms. The van der Waals surface area contributed by atoms with Crippen molar-refractivity contribution in [1.29, 1.82) is 0 Å². The molecule has 0 aliphatic rings. The Morgan fingerprint density at radius 2 is 2.32 bits per heavy atom. The molecule has 0 saturated heterocycles. The summed E-state index contributed by atoms with van der Waals surface area (Å²) in [5.74, 6) is 4.19. The van der Waals surface area contributed by atoms with Crippen molar-refractivity contribution >= 4 is 17.7 Å². The molecule has 0 aromatic heterocycles. The quantitative estimate of drug-likeness (QED) is 0.379. The first-order chi connectivity index (χ1) is 9.04. The first-order valence-electron chi connectivity index (χ1n) is 5.26. The molecule has 0 fully saturated rings. The zero-order valence-electron chi connectivity index (χ0n) is 10.1. The average Bonchev–Trinajstić information content (AvgIpc) is 2.36. The molecular formula is C13H11NO5. The van der Waals surface area contributed by atoms with Crippen LogP contribution in [-0.2, 0) is 4.79 Å². The number of nitro benzene ring substituents is 1. The van der Waals surface area contributed by atoms with E-state index in [0.29, 0.717) is 5.56 Å². The monoisotopic (exact) mass is 261 g/mol. The fourth-order valence-electron chi connectivity index (χ4n) is 1.25. The maximum atomic E-state index is 10.8.